The van der Waals surface area contributed by atoms with Crippen molar-refractivity contribution in [3.63, 3.8) is 0 Å². The van der Waals surface area contributed by atoms with Gasteiger partial charge in [-0.2, -0.15) is 0 Å². The molecule has 7 nitrogen and oxygen atoms in total. The van der Waals surface area contributed by atoms with Gasteiger partial charge >= 0.3 is 0 Å². The second-order valence-corrected chi connectivity index (χ2v) is 8.61. The molecule has 146 valence electrons. The summed E-state index contributed by atoms with van der Waals surface area (Å²) in [6, 6.07) is 3.43. The summed E-state index contributed by atoms with van der Waals surface area (Å²) in [5, 5.41) is 5.97. The second-order valence-electron chi connectivity index (χ2n) is 5.44. The normalized spacial score (nSPS) is 15.1. The van der Waals surface area contributed by atoms with Gasteiger partial charge in [0, 0.05) is 57.6 Å². The molecule has 1 saturated heterocycles. The van der Waals surface area contributed by atoms with Crippen LogP contribution in [0.1, 0.15) is 11.8 Å². The molecule has 1 fully saturated rings. The maximum absolute atomic E-state index is 12.3. The summed E-state index contributed by atoms with van der Waals surface area (Å²) in [4.78, 5) is 14.0. The van der Waals surface area contributed by atoms with Gasteiger partial charge in [0.15, 0.2) is 0 Å². The predicted octanol–water partition coefficient (Wildman–Crippen LogP) is 0.454. The maximum atomic E-state index is 12.3. The number of nitrogens with one attached hydrogen (secondary N) is 3. The van der Waals surface area contributed by atoms with Crippen molar-refractivity contribution in [2.75, 3.05) is 45.8 Å². The van der Waals surface area contributed by atoms with E-state index in [-0.39, 0.29) is 30.7 Å². The van der Waals surface area contributed by atoms with E-state index in [1.807, 2.05) is 0 Å². The Morgan fingerprint density at radius 3 is 2.56 bits per heavy atom. The van der Waals surface area contributed by atoms with Crippen LogP contribution in [-0.4, -0.2) is 65.0 Å². The Bertz CT molecular complexity index is 619. The molecule has 1 aromatic heterocycles. The third-order valence-corrected chi connectivity index (χ3v) is 6.67. The Balaban J connectivity index is 0.00000288. The molecule has 0 atom stereocenters. The number of rotatable bonds is 8. The quantitative estimate of drug-likeness (QED) is 0.554. The number of piperazine rings is 1. The molecule has 3 N–H and O–H groups in total. The SMILES string of the molecule is CC(=O)NCCc1ccc(S(=O)(=O)NCCN2CCNCC2)s1.Cl.Cl. The van der Waals surface area contributed by atoms with E-state index in [1.54, 1.807) is 12.1 Å². The summed E-state index contributed by atoms with van der Waals surface area (Å²) in [6.07, 6.45) is 0.639. The molecule has 1 aromatic rings. The van der Waals surface area contributed by atoms with Crippen LogP contribution >= 0.6 is 36.2 Å². The van der Waals surface area contributed by atoms with E-state index >= 15 is 0 Å². The zero-order chi connectivity index (χ0) is 16.7. The first-order valence-electron chi connectivity index (χ1n) is 7.73. The summed E-state index contributed by atoms with van der Waals surface area (Å²) >= 11 is 1.25. The van der Waals surface area contributed by atoms with Crippen molar-refractivity contribution in [3.8, 4) is 0 Å². The summed E-state index contributed by atoms with van der Waals surface area (Å²) in [5.41, 5.74) is 0. The molecule has 0 spiro atoms. The van der Waals surface area contributed by atoms with E-state index in [9.17, 15) is 13.2 Å². The molecule has 0 unspecified atom stereocenters. The summed E-state index contributed by atoms with van der Waals surface area (Å²) < 4.78 is 27.5. The van der Waals surface area contributed by atoms with Crippen molar-refractivity contribution in [1.82, 2.24) is 20.3 Å². The number of hydrogen-bond donors (Lipinski definition) is 3. The molecule has 0 aliphatic carbocycles. The number of carbonyl (C=O) groups excluding carboxylic acids is 1. The van der Waals surface area contributed by atoms with Crippen molar-refractivity contribution < 1.29 is 13.2 Å². The van der Waals surface area contributed by atoms with Gasteiger partial charge in [0.25, 0.3) is 0 Å². The molecule has 0 saturated carbocycles. The summed E-state index contributed by atoms with van der Waals surface area (Å²) in [5.74, 6) is -0.0796. The molecule has 11 heteroatoms. The Morgan fingerprint density at radius 2 is 1.92 bits per heavy atom. The highest BCUT2D eigenvalue weighted by Crippen LogP contribution is 2.21. The fourth-order valence-electron chi connectivity index (χ4n) is 2.34. The van der Waals surface area contributed by atoms with Gasteiger partial charge in [0.05, 0.1) is 0 Å². The molecule has 0 bridgehead atoms. The molecule has 1 aliphatic heterocycles. The molecule has 25 heavy (non-hydrogen) atoms. The van der Waals surface area contributed by atoms with Crippen molar-refractivity contribution in [2.24, 2.45) is 0 Å². The number of nitrogens with zero attached hydrogens (tertiary/aromatic N) is 1. The van der Waals surface area contributed by atoms with Crippen LogP contribution < -0.4 is 15.4 Å². The zero-order valence-electron chi connectivity index (χ0n) is 14.1. The van der Waals surface area contributed by atoms with Gasteiger partial charge in [0.2, 0.25) is 15.9 Å². The lowest BCUT2D eigenvalue weighted by Crippen LogP contribution is -2.46. The van der Waals surface area contributed by atoms with Gasteiger partial charge in [-0.3, -0.25) is 9.69 Å². The zero-order valence-corrected chi connectivity index (χ0v) is 17.4. The first-order valence-corrected chi connectivity index (χ1v) is 10.0. The van der Waals surface area contributed by atoms with Crippen molar-refractivity contribution in [3.05, 3.63) is 17.0 Å². The van der Waals surface area contributed by atoms with E-state index < -0.39 is 10.0 Å². The molecule has 1 aliphatic rings. The number of amides is 1. The second kappa shape index (κ2) is 12.1. The van der Waals surface area contributed by atoms with Crippen LogP contribution in [0, 0.1) is 0 Å². The van der Waals surface area contributed by atoms with E-state index in [1.165, 1.54) is 18.3 Å². The van der Waals surface area contributed by atoms with E-state index in [2.05, 4.69) is 20.3 Å². The lowest BCUT2D eigenvalue weighted by molar-refractivity contribution is -0.118. The third kappa shape index (κ3) is 8.67. The van der Waals surface area contributed by atoms with Crippen molar-refractivity contribution in [1.29, 1.82) is 0 Å². The molecule has 0 radical (unpaired) electrons. The van der Waals surface area contributed by atoms with E-state index in [0.717, 1.165) is 37.6 Å². The monoisotopic (exact) mass is 432 g/mol. The lowest BCUT2D eigenvalue weighted by Gasteiger charge is -2.26. The topological polar surface area (TPSA) is 90.5 Å². The Morgan fingerprint density at radius 1 is 1.24 bits per heavy atom. The molecule has 2 heterocycles. The van der Waals surface area contributed by atoms with Crippen LogP contribution in [-0.2, 0) is 21.2 Å². The minimum Gasteiger partial charge on any atom is -0.356 e. The largest absolute Gasteiger partial charge is 0.356 e. The highest BCUT2D eigenvalue weighted by atomic mass is 35.5. The van der Waals surface area contributed by atoms with Crippen molar-refractivity contribution in [2.45, 2.75) is 17.6 Å². The first kappa shape index (κ1) is 24.6. The first-order chi connectivity index (χ1) is 11.0. The third-order valence-electron chi connectivity index (χ3n) is 3.58. The highest BCUT2D eigenvalue weighted by molar-refractivity contribution is 7.91. The van der Waals surface area contributed by atoms with Crippen LogP contribution in [0.15, 0.2) is 16.3 Å². The van der Waals surface area contributed by atoms with E-state index in [0.29, 0.717) is 23.7 Å². The summed E-state index contributed by atoms with van der Waals surface area (Å²) in [6.45, 7) is 6.94. The fraction of sp³-hybridized carbons (Fsp3) is 0.643. The number of hydrogen-bond acceptors (Lipinski definition) is 6. The number of sulfonamides is 1. The van der Waals surface area contributed by atoms with Crippen LogP contribution in [0.2, 0.25) is 0 Å². The van der Waals surface area contributed by atoms with Crippen LogP contribution in [0.25, 0.3) is 0 Å². The maximum Gasteiger partial charge on any atom is 0.250 e. The van der Waals surface area contributed by atoms with Gasteiger partial charge in [-0.25, -0.2) is 13.1 Å². The van der Waals surface area contributed by atoms with Crippen molar-refractivity contribution >= 4 is 52.1 Å². The molecular formula is C14H26Cl2N4O3S2. The van der Waals surface area contributed by atoms with Gasteiger partial charge in [-0.1, -0.05) is 0 Å². The average Bonchev–Trinajstić information content (AvgIpc) is 2.97. The summed E-state index contributed by atoms with van der Waals surface area (Å²) in [7, 11) is -3.44. The fourth-order valence-corrected chi connectivity index (χ4v) is 4.76. The predicted molar refractivity (Wildman–Crippen MR) is 106 cm³/mol. The minimum absolute atomic E-state index is 0. The Hall–Kier alpha value is -0.420. The number of carbonyl (C=O) groups is 1. The smallest absolute Gasteiger partial charge is 0.250 e. The standard InChI is InChI=1S/C14H24N4O3S2.2ClH/c1-12(19)16-5-4-13-2-3-14(22-13)23(20,21)17-8-11-18-9-6-15-7-10-18;;/h2-3,15,17H,4-11H2,1H3,(H,16,19);2*1H. The van der Waals surface area contributed by atoms with E-state index in [4.69, 9.17) is 0 Å². The average molecular weight is 433 g/mol. The molecule has 0 aromatic carbocycles. The van der Waals surface area contributed by atoms with Crippen LogP contribution in [0.3, 0.4) is 0 Å². The molecule has 1 amide bonds. The molecular weight excluding hydrogens is 407 g/mol. The minimum atomic E-state index is -3.44. The highest BCUT2D eigenvalue weighted by Gasteiger charge is 2.17. The number of thiophene rings is 1. The van der Waals surface area contributed by atoms with Gasteiger partial charge in [-0.05, 0) is 18.6 Å². The van der Waals surface area contributed by atoms with Gasteiger partial charge in [0.1, 0.15) is 4.21 Å². The Labute approximate surface area is 165 Å². The number of halogens is 2. The van der Waals surface area contributed by atoms with Gasteiger partial charge < -0.3 is 10.6 Å². The van der Waals surface area contributed by atoms with Gasteiger partial charge in [-0.15, -0.1) is 36.2 Å². The van der Waals surface area contributed by atoms with Crippen LogP contribution in [0.4, 0.5) is 0 Å². The lowest BCUT2D eigenvalue weighted by atomic mass is 10.3. The van der Waals surface area contributed by atoms with Crippen LogP contribution in [0.5, 0.6) is 0 Å². The molecule has 2 rings (SSSR count). The Kier molecular flexibility index (Phi) is 11.9.